The van der Waals surface area contributed by atoms with Gasteiger partial charge in [-0.1, -0.05) is 37.8 Å². The fraction of sp³-hybridized carbons (Fsp3) is 0.483. The van der Waals surface area contributed by atoms with Gasteiger partial charge in [0.2, 0.25) is 0 Å². The molecule has 6 atom stereocenters. The number of thiazole rings is 1. The van der Waals surface area contributed by atoms with Crippen LogP contribution in [0.5, 0.6) is 5.75 Å². The van der Waals surface area contributed by atoms with Crippen molar-refractivity contribution in [1.82, 2.24) is 4.98 Å². The van der Waals surface area contributed by atoms with Gasteiger partial charge in [-0.05, 0) is 91.7 Å². The molecule has 1 saturated heterocycles. The number of rotatable bonds is 4. The summed E-state index contributed by atoms with van der Waals surface area (Å²) < 4.78 is 13.8. The SMILES string of the molecule is C=CCOc1ccc2c(c1)CC[C@@H]1[C@@H]2CC[C@@]2(C)[C@H]1CC[C@@]21O[C@@H]1c1nc2ccccc2s1. The molecular weight excluding hydrogens is 426 g/mol. The lowest BCUT2D eigenvalue weighted by atomic mass is 9.53. The number of benzene rings is 2. The minimum atomic E-state index is 0.0131. The van der Waals surface area contributed by atoms with Gasteiger partial charge in [0, 0.05) is 5.41 Å². The van der Waals surface area contributed by atoms with E-state index in [1.54, 1.807) is 5.56 Å². The molecule has 0 unspecified atom stereocenters. The Morgan fingerprint density at radius 1 is 1.18 bits per heavy atom. The molecule has 2 heterocycles. The molecule has 0 N–H and O–H groups in total. The molecule has 3 aliphatic carbocycles. The summed E-state index contributed by atoms with van der Waals surface area (Å²) in [6, 6.07) is 15.3. The number of para-hydroxylation sites is 1. The third-order valence-electron chi connectivity index (χ3n) is 9.48. The van der Waals surface area contributed by atoms with E-state index in [1.165, 1.54) is 53.8 Å². The molecule has 1 aliphatic heterocycles. The van der Waals surface area contributed by atoms with Crippen LogP contribution in [0, 0.1) is 17.3 Å². The van der Waals surface area contributed by atoms with Gasteiger partial charge in [-0.15, -0.1) is 11.3 Å². The van der Waals surface area contributed by atoms with E-state index < -0.39 is 0 Å². The highest BCUT2D eigenvalue weighted by Crippen LogP contribution is 2.75. The van der Waals surface area contributed by atoms with Crippen LogP contribution in [0.1, 0.15) is 67.2 Å². The predicted octanol–water partition coefficient (Wildman–Crippen LogP) is 7.23. The predicted molar refractivity (Wildman–Crippen MR) is 133 cm³/mol. The van der Waals surface area contributed by atoms with Crippen LogP contribution in [-0.4, -0.2) is 17.2 Å². The molecule has 1 aromatic heterocycles. The Labute approximate surface area is 199 Å². The maximum Gasteiger partial charge on any atom is 0.139 e. The van der Waals surface area contributed by atoms with Crippen LogP contribution in [0.4, 0.5) is 0 Å². The van der Waals surface area contributed by atoms with E-state index in [-0.39, 0.29) is 17.1 Å². The topological polar surface area (TPSA) is 34.6 Å². The first kappa shape index (κ1) is 20.2. The molecule has 3 nitrogen and oxygen atoms in total. The Hall–Kier alpha value is -2.17. The van der Waals surface area contributed by atoms with E-state index >= 15 is 0 Å². The minimum absolute atomic E-state index is 0.0131. The standard InChI is InChI=1S/C29H31NO2S/c1-3-16-31-19-9-11-20-18(17-19)8-10-22-21(20)12-14-28(2)23(22)13-15-29(28)26(32-29)27-30-24-6-4-5-7-25(24)33-27/h3-7,9,11,17,21-23,26H,1,8,10,12-16H2,2H3/t21-,22-,23+,26-,28+,29+/m1/s1. The smallest absolute Gasteiger partial charge is 0.139 e. The van der Waals surface area contributed by atoms with Gasteiger partial charge in [0.05, 0.1) is 10.2 Å². The summed E-state index contributed by atoms with van der Waals surface area (Å²) in [4.78, 5) is 4.98. The molecule has 7 rings (SSSR count). The first-order valence-corrected chi connectivity index (χ1v) is 13.3. The van der Waals surface area contributed by atoms with Gasteiger partial charge in [-0.25, -0.2) is 4.98 Å². The third-order valence-corrected chi connectivity index (χ3v) is 10.6. The van der Waals surface area contributed by atoms with Crippen molar-refractivity contribution in [3.63, 3.8) is 0 Å². The highest BCUT2D eigenvalue weighted by atomic mass is 32.1. The van der Waals surface area contributed by atoms with Gasteiger partial charge in [-0.3, -0.25) is 0 Å². The second-order valence-electron chi connectivity index (χ2n) is 10.8. The van der Waals surface area contributed by atoms with Gasteiger partial charge in [0.1, 0.15) is 29.1 Å². The highest BCUT2D eigenvalue weighted by molar-refractivity contribution is 7.18. The van der Waals surface area contributed by atoms with Crippen LogP contribution in [0.25, 0.3) is 10.2 Å². The fourth-order valence-corrected chi connectivity index (χ4v) is 8.97. The molecule has 0 bridgehead atoms. The first-order chi connectivity index (χ1) is 16.1. The number of nitrogens with zero attached hydrogens (tertiary/aromatic N) is 1. The van der Waals surface area contributed by atoms with E-state index in [0.29, 0.717) is 12.5 Å². The zero-order valence-corrected chi connectivity index (χ0v) is 20.1. The zero-order valence-electron chi connectivity index (χ0n) is 19.3. The highest BCUT2D eigenvalue weighted by Gasteiger charge is 2.74. The molecule has 4 heteroatoms. The minimum Gasteiger partial charge on any atom is -0.490 e. The zero-order chi connectivity index (χ0) is 22.2. The molecule has 3 fully saturated rings. The van der Waals surface area contributed by atoms with Crippen molar-refractivity contribution < 1.29 is 9.47 Å². The van der Waals surface area contributed by atoms with Crippen LogP contribution in [0.15, 0.2) is 55.1 Å². The maximum atomic E-state index is 6.68. The van der Waals surface area contributed by atoms with Crippen molar-refractivity contribution in [2.45, 2.75) is 63.1 Å². The maximum absolute atomic E-state index is 6.68. The second kappa shape index (κ2) is 7.16. The van der Waals surface area contributed by atoms with E-state index in [1.807, 2.05) is 17.4 Å². The van der Waals surface area contributed by atoms with Crippen LogP contribution in [0.2, 0.25) is 0 Å². The van der Waals surface area contributed by atoms with Crippen molar-refractivity contribution in [3.8, 4) is 5.75 Å². The van der Waals surface area contributed by atoms with Crippen molar-refractivity contribution >= 4 is 21.6 Å². The summed E-state index contributed by atoms with van der Waals surface area (Å²) in [5.74, 6) is 3.20. The molecule has 2 saturated carbocycles. The Bertz CT molecular complexity index is 1220. The molecule has 3 aromatic rings. The lowest BCUT2D eigenvalue weighted by Gasteiger charge is -2.50. The lowest BCUT2D eigenvalue weighted by molar-refractivity contribution is 0.0120. The molecule has 33 heavy (non-hydrogen) atoms. The number of aryl methyl sites for hydroxylation is 1. The van der Waals surface area contributed by atoms with Gasteiger partial charge < -0.3 is 9.47 Å². The number of hydrogen-bond donors (Lipinski definition) is 0. The number of epoxide rings is 1. The molecular formula is C29H31NO2S. The monoisotopic (exact) mass is 457 g/mol. The van der Waals surface area contributed by atoms with Gasteiger partial charge in [0.15, 0.2) is 0 Å². The Morgan fingerprint density at radius 3 is 2.97 bits per heavy atom. The summed E-state index contributed by atoms with van der Waals surface area (Å²) >= 11 is 1.83. The van der Waals surface area contributed by atoms with E-state index in [2.05, 4.69) is 56.0 Å². The molecule has 0 radical (unpaired) electrons. The third kappa shape index (κ3) is 2.80. The van der Waals surface area contributed by atoms with Gasteiger partial charge in [0.25, 0.3) is 0 Å². The molecule has 170 valence electrons. The molecule has 1 spiro atoms. The average Bonchev–Trinajstić information content (AvgIpc) is 3.30. The number of ether oxygens (including phenoxy) is 2. The molecule has 4 aliphatic rings. The summed E-state index contributed by atoms with van der Waals surface area (Å²) in [7, 11) is 0. The van der Waals surface area contributed by atoms with Crippen molar-refractivity contribution in [1.29, 1.82) is 0 Å². The quantitative estimate of drug-likeness (QED) is 0.306. The van der Waals surface area contributed by atoms with Crippen LogP contribution in [-0.2, 0) is 11.2 Å². The summed E-state index contributed by atoms with van der Waals surface area (Å²) in [5, 5.41) is 1.20. The normalized spacial score (nSPS) is 36.3. The molecule has 2 aromatic carbocycles. The van der Waals surface area contributed by atoms with Crippen molar-refractivity contribution in [3.05, 3.63) is 71.3 Å². The summed E-state index contributed by atoms with van der Waals surface area (Å²) in [5.41, 5.74) is 4.48. The Kier molecular flexibility index (Phi) is 4.39. The average molecular weight is 458 g/mol. The first-order valence-electron chi connectivity index (χ1n) is 12.5. The summed E-state index contributed by atoms with van der Waals surface area (Å²) in [6.45, 7) is 6.89. The van der Waals surface area contributed by atoms with Crippen LogP contribution < -0.4 is 4.74 Å². The van der Waals surface area contributed by atoms with Crippen LogP contribution in [0.3, 0.4) is 0 Å². The molecule has 0 amide bonds. The van der Waals surface area contributed by atoms with E-state index in [0.717, 1.165) is 23.1 Å². The fourth-order valence-electron chi connectivity index (χ4n) is 7.89. The van der Waals surface area contributed by atoms with Gasteiger partial charge >= 0.3 is 0 Å². The van der Waals surface area contributed by atoms with Crippen LogP contribution >= 0.6 is 11.3 Å². The largest absolute Gasteiger partial charge is 0.490 e. The van der Waals surface area contributed by atoms with Crippen molar-refractivity contribution in [2.24, 2.45) is 17.3 Å². The number of hydrogen-bond acceptors (Lipinski definition) is 4. The Morgan fingerprint density at radius 2 is 2.09 bits per heavy atom. The van der Waals surface area contributed by atoms with E-state index in [4.69, 9.17) is 14.5 Å². The summed E-state index contributed by atoms with van der Waals surface area (Å²) in [6.07, 6.45) is 9.50. The van der Waals surface area contributed by atoms with E-state index in [9.17, 15) is 0 Å². The number of aromatic nitrogens is 1. The lowest BCUT2D eigenvalue weighted by Crippen LogP contribution is -2.45. The number of fused-ring (bicyclic) bond motifs is 7. The van der Waals surface area contributed by atoms with Crippen molar-refractivity contribution in [2.75, 3.05) is 6.61 Å². The Balaban J connectivity index is 1.16. The van der Waals surface area contributed by atoms with Gasteiger partial charge in [-0.2, -0.15) is 0 Å². The second-order valence-corrected chi connectivity index (χ2v) is 11.8.